The molecule has 0 unspecified atom stereocenters. The third-order valence-electron chi connectivity index (χ3n) is 3.81. The van der Waals surface area contributed by atoms with E-state index in [1.54, 1.807) is 0 Å². The van der Waals surface area contributed by atoms with Crippen molar-refractivity contribution in [2.24, 2.45) is 5.73 Å². The second kappa shape index (κ2) is 3.74. The summed E-state index contributed by atoms with van der Waals surface area (Å²) >= 11 is 0. The number of hydrogen-bond donors (Lipinski definition) is 1. The molecule has 1 aromatic carbocycles. The number of carbonyl (C=O) groups excluding carboxylic acids is 1. The minimum atomic E-state index is -0.223. The summed E-state index contributed by atoms with van der Waals surface area (Å²) in [6.07, 6.45) is 3.01. The number of hydrogen-bond acceptors (Lipinski definition) is 3. The normalized spacial score (nSPS) is 21.5. The monoisotopic (exact) mass is 232 g/mol. The molecule has 1 amide bonds. The highest BCUT2D eigenvalue weighted by molar-refractivity contribution is 5.92. The van der Waals surface area contributed by atoms with E-state index in [2.05, 4.69) is 0 Å². The molecule has 0 radical (unpaired) electrons. The molecule has 2 N–H and O–H groups in total. The first-order valence-corrected chi connectivity index (χ1v) is 6.01. The van der Waals surface area contributed by atoms with Crippen LogP contribution in [0.3, 0.4) is 0 Å². The van der Waals surface area contributed by atoms with Crippen molar-refractivity contribution in [3.05, 3.63) is 29.8 Å². The molecule has 2 fully saturated rings. The third-order valence-corrected chi connectivity index (χ3v) is 3.81. The van der Waals surface area contributed by atoms with Crippen LogP contribution in [0.25, 0.3) is 0 Å². The van der Waals surface area contributed by atoms with Gasteiger partial charge in [-0.05, 0) is 37.0 Å². The number of carbonyl (C=O) groups is 1. The zero-order valence-electron chi connectivity index (χ0n) is 9.69. The number of amides is 1. The van der Waals surface area contributed by atoms with Gasteiger partial charge < -0.3 is 10.5 Å². The van der Waals surface area contributed by atoms with Crippen LogP contribution in [-0.4, -0.2) is 18.2 Å². The number of ether oxygens (including phenoxy) is 1. The van der Waals surface area contributed by atoms with Crippen molar-refractivity contribution in [3.8, 4) is 0 Å². The fraction of sp³-hybridized carbons (Fsp3) is 0.462. The Balaban J connectivity index is 1.98. The molecule has 0 bridgehead atoms. The lowest BCUT2D eigenvalue weighted by atomic mass is 9.76. The van der Waals surface area contributed by atoms with E-state index < -0.39 is 0 Å². The zero-order chi connectivity index (χ0) is 11.9. The number of cyclic esters (lactones) is 1. The van der Waals surface area contributed by atoms with Crippen LogP contribution in [0.4, 0.5) is 10.5 Å². The Morgan fingerprint density at radius 3 is 2.88 bits per heavy atom. The van der Waals surface area contributed by atoms with Crippen molar-refractivity contribution < 1.29 is 9.53 Å². The molecule has 1 aliphatic carbocycles. The molecule has 0 aromatic heterocycles. The van der Waals surface area contributed by atoms with Crippen LogP contribution < -0.4 is 10.6 Å². The first-order valence-electron chi connectivity index (χ1n) is 6.01. The second-order valence-corrected chi connectivity index (χ2v) is 4.84. The zero-order valence-corrected chi connectivity index (χ0v) is 9.69. The van der Waals surface area contributed by atoms with Crippen LogP contribution in [-0.2, 0) is 11.3 Å². The van der Waals surface area contributed by atoms with Crippen LogP contribution in [0.2, 0.25) is 0 Å². The van der Waals surface area contributed by atoms with E-state index in [1.165, 1.54) is 6.42 Å². The maximum atomic E-state index is 11.9. The van der Waals surface area contributed by atoms with Gasteiger partial charge in [0.05, 0.1) is 5.54 Å². The summed E-state index contributed by atoms with van der Waals surface area (Å²) in [4.78, 5) is 13.7. The van der Waals surface area contributed by atoms with E-state index in [1.807, 2.05) is 29.2 Å². The fourth-order valence-corrected chi connectivity index (χ4v) is 2.67. The Morgan fingerprint density at radius 2 is 2.24 bits per heavy atom. The van der Waals surface area contributed by atoms with Gasteiger partial charge in [0.25, 0.3) is 0 Å². The van der Waals surface area contributed by atoms with Gasteiger partial charge in [0.15, 0.2) is 0 Å². The standard InChI is InChI=1S/C13H16N2O2/c14-8-10-3-1-4-11(7-10)15-12(16)17-9-13(15)5-2-6-13/h1,3-4,7H,2,5-6,8-9,14H2. The highest BCUT2D eigenvalue weighted by Crippen LogP contribution is 2.44. The predicted molar refractivity (Wildman–Crippen MR) is 64.7 cm³/mol. The maximum absolute atomic E-state index is 11.9. The average molecular weight is 232 g/mol. The summed E-state index contributed by atoms with van der Waals surface area (Å²) in [6, 6.07) is 7.84. The van der Waals surface area contributed by atoms with Crippen LogP contribution in [0, 0.1) is 0 Å². The van der Waals surface area contributed by atoms with Crippen molar-refractivity contribution in [1.82, 2.24) is 0 Å². The van der Waals surface area contributed by atoms with Gasteiger partial charge in [-0.1, -0.05) is 12.1 Å². The molecule has 4 nitrogen and oxygen atoms in total. The van der Waals surface area contributed by atoms with E-state index in [0.29, 0.717) is 13.2 Å². The summed E-state index contributed by atoms with van der Waals surface area (Å²) in [5.41, 5.74) is 7.50. The van der Waals surface area contributed by atoms with E-state index in [-0.39, 0.29) is 11.6 Å². The topological polar surface area (TPSA) is 55.6 Å². The molecule has 90 valence electrons. The Kier molecular flexibility index (Phi) is 2.33. The smallest absolute Gasteiger partial charge is 0.415 e. The van der Waals surface area contributed by atoms with Gasteiger partial charge in [0.2, 0.25) is 0 Å². The average Bonchev–Trinajstić information content (AvgIpc) is 2.67. The Hall–Kier alpha value is -1.55. The Labute approximate surface area is 100 Å². The molecule has 1 saturated carbocycles. The van der Waals surface area contributed by atoms with Crippen LogP contribution in [0.15, 0.2) is 24.3 Å². The van der Waals surface area contributed by atoms with Crippen molar-refractivity contribution in [2.75, 3.05) is 11.5 Å². The molecule has 0 atom stereocenters. The van der Waals surface area contributed by atoms with Gasteiger partial charge >= 0.3 is 6.09 Å². The molecule has 4 heteroatoms. The van der Waals surface area contributed by atoms with Gasteiger partial charge in [-0.3, -0.25) is 4.90 Å². The van der Waals surface area contributed by atoms with Gasteiger partial charge in [0.1, 0.15) is 6.61 Å². The number of anilines is 1. The highest BCUT2D eigenvalue weighted by Gasteiger charge is 2.52. The summed E-state index contributed by atoms with van der Waals surface area (Å²) in [5, 5.41) is 0. The van der Waals surface area contributed by atoms with Gasteiger partial charge in [-0.15, -0.1) is 0 Å². The Morgan fingerprint density at radius 1 is 1.41 bits per heavy atom. The molecular formula is C13H16N2O2. The lowest BCUT2D eigenvalue weighted by Gasteiger charge is -2.42. The van der Waals surface area contributed by atoms with E-state index in [9.17, 15) is 4.79 Å². The lowest BCUT2D eigenvalue weighted by Crippen LogP contribution is -2.52. The SMILES string of the molecule is NCc1cccc(N2C(=O)OCC23CCC3)c1. The van der Waals surface area contributed by atoms with Crippen molar-refractivity contribution in [2.45, 2.75) is 31.3 Å². The van der Waals surface area contributed by atoms with Crippen molar-refractivity contribution in [1.29, 1.82) is 0 Å². The quantitative estimate of drug-likeness (QED) is 0.848. The van der Waals surface area contributed by atoms with Crippen molar-refractivity contribution in [3.63, 3.8) is 0 Å². The van der Waals surface area contributed by atoms with Gasteiger partial charge in [0, 0.05) is 12.2 Å². The molecule has 3 rings (SSSR count). The summed E-state index contributed by atoms with van der Waals surface area (Å²) < 4.78 is 5.21. The largest absolute Gasteiger partial charge is 0.447 e. The molecule has 1 saturated heterocycles. The van der Waals surface area contributed by atoms with Crippen LogP contribution in [0.1, 0.15) is 24.8 Å². The van der Waals surface area contributed by atoms with E-state index in [0.717, 1.165) is 24.1 Å². The van der Waals surface area contributed by atoms with Gasteiger partial charge in [-0.25, -0.2) is 4.79 Å². The number of nitrogens with zero attached hydrogens (tertiary/aromatic N) is 1. The molecule has 1 aliphatic heterocycles. The number of rotatable bonds is 2. The number of nitrogens with two attached hydrogens (primary N) is 1. The molecule has 1 aromatic rings. The third kappa shape index (κ3) is 1.52. The lowest BCUT2D eigenvalue weighted by molar-refractivity contribution is 0.154. The fourth-order valence-electron chi connectivity index (χ4n) is 2.67. The molecule has 2 aliphatic rings. The Bertz CT molecular complexity index is 454. The maximum Gasteiger partial charge on any atom is 0.415 e. The summed E-state index contributed by atoms with van der Waals surface area (Å²) in [7, 11) is 0. The minimum Gasteiger partial charge on any atom is -0.447 e. The first kappa shape index (κ1) is 10.6. The summed E-state index contributed by atoms with van der Waals surface area (Å²) in [5.74, 6) is 0. The second-order valence-electron chi connectivity index (χ2n) is 4.84. The molecule has 1 spiro atoms. The minimum absolute atomic E-state index is 0.0791. The molecule has 1 heterocycles. The van der Waals surface area contributed by atoms with E-state index >= 15 is 0 Å². The molecular weight excluding hydrogens is 216 g/mol. The predicted octanol–water partition coefficient (Wildman–Crippen LogP) is 2.02. The van der Waals surface area contributed by atoms with Crippen LogP contribution in [0.5, 0.6) is 0 Å². The van der Waals surface area contributed by atoms with Crippen LogP contribution >= 0.6 is 0 Å². The molecule has 17 heavy (non-hydrogen) atoms. The van der Waals surface area contributed by atoms with Gasteiger partial charge in [-0.2, -0.15) is 0 Å². The summed E-state index contributed by atoms with van der Waals surface area (Å²) in [6.45, 7) is 1.02. The van der Waals surface area contributed by atoms with Crippen molar-refractivity contribution >= 4 is 11.8 Å². The number of benzene rings is 1. The highest BCUT2D eigenvalue weighted by atomic mass is 16.6. The van der Waals surface area contributed by atoms with E-state index in [4.69, 9.17) is 10.5 Å². The first-order chi connectivity index (χ1) is 8.25.